The number of halogens is 1. The summed E-state index contributed by atoms with van der Waals surface area (Å²) in [7, 11) is 0. The van der Waals surface area contributed by atoms with Gasteiger partial charge in [-0.2, -0.15) is 0 Å². The van der Waals surface area contributed by atoms with Crippen LogP contribution in [0.15, 0.2) is 24.3 Å². The fraction of sp³-hybridized carbons (Fsp3) is 0.143. The van der Waals surface area contributed by atoms with Gasteiger partial charge in [-0.15, -0.1) is 11.3 Å². The minimum Gasteiger partial charge on any atom is -0.351 e. The van der Waals surface area contributed by atoms with Crippen molar-refractivity contribution in [3.63, 3.8) is 0 Å². The van der Waals surface area contributed by atoms with Crippen molar-refractivity contribution in [3.05, 3.63) is 50.9 Å². The largest absolute Gasteiger partial charge is 0.351 e. The van der Waals surface area contributed by atoms with E-state index in [1.165, 1.54) is 11.3 Å². The number of carbonyl (C=O) groups excluding carboxylic acids is 2. The van der Waals surface area contributed by atoms with E-state index in [-0.39, 0.29) is 5.78 Å². The molecule has 0 saturated carbocycles. The number of rotatable bonds is 3. The lowest BCUT2D eigenvalue weighted by Crippen LogP contribution is -2.20. The van der Waals surface area contributed by atoms with Crippen LogP contribution in [0.5, 0.6) is 0 Å². The van der Waals surface area contributed by atoms with Crippen LogP contribution in [0.4, 0.5) is 9.80 Å². The van der Waals surface area contributed by atoms with E-state index in [0.29, 0.717) is 21.2 Å². The van der Waals surface area contributed by atoms with E-state index < -0.39 is 6.03 Å². The van der Waals surface area contributed by atoms with Gasteiger partial charge < -0.3 is 5.73 Å². The molecule has 2 amide bonds. The van der Waals surface area contributed by atoms with Crippen molar-refractivity contribution in [1.82, 2.24) is 0 Å². The lowest BCUT2D eigenvalue weighted by Gasteiger charge is -2.05. The smallest absolute Gasteiger partial charge is 0.317 e. The number of anilines is 1. The highest BCUT2D eigenvalue weighted by atomic mass is 35.5. The van der Waals surface area contributed by atoms with E-state index in [4.69, 9.17) is 17.3 Å². The van der Waals surface area contributed by atoms with Gasteiger partial charge in [0, 0.05) is 15.5 Å². The second-order valence-corrected chi connectivity index (χ2v) is 5.97. The number of aryl methyl sites for hydroxylation is 1. The highest BCUT2D eigenvalue weighted by Crippen LogP contribution is 2.34. The van der Waals surface area contributed by atoms with Crippen LogP contribution in [-0.4, -0.2) is 11.8 Å². The summed E-state index contributed by atoms with van der Waals surface area (Å²) in [4.78, 5) is 24.6. The van der Waals surface area contributed by atoms with Crippen molar-refractivity contribution in [3.8, 4) is 0 Å². The summed E-state index contributed by atoms with van der Waals surface area (Å²) in [5.74, 6) is -0.160. The summed E-state index contributed by atoms with van der Waals surface area (Å²) < 4.78 is 0. The van der Waals surface area contributed by atoms with Gasteiger partial charge >= 0.3 is 6.03 Å². The molecule has 0 aliphatic carbocycles. The molecule has 104 valence electrons. The maximum absolute atomic E-state index is 12.6. The first kappa shape index (κ1) is 14.6. The Morgan fingerprint density at radius 1 is 1.20 bits per heavy atom. The number of nitrogens with two attached hydrogens (primary N) is 1. The molecule has 6 heteroatoms. The number of benzene rings is 1. The van der Waals surface area contributed by atoms with Crippen LogP contribution in [0.25, 0.3) is 0 Å². The van der Waals surface area contributed by atoms with Crippen molar-refractivity contribution < 1.29 is 9.59 Å². The van der Waals surface area contributed by atoms with Crippen LogP contribution in [0.3, 0.4) is 0 Å². The molecule has 0 atom stereocenters. The Bertz CT molecular complexity index is 677. The number of nitrogens with one attached hydrogen (secondary N) is 1. The SMILES string of the molecule is Cc1sc(NC(N)=O)c(C(=O)c2ccc(Cl)cc2)c1C. The van der Waals surface area contributed by atoms with E-state index in [2.05, 4.69) is 5.32 Å². The van der Waals surface area contributed by atoms with Gasteiger partial charge in [-0.25, -0.2) is 4.79 Å². The number of primary amides is 1. The van der Waals surface area contributed by atoms with Gasteiger partial charge in [-0.1, -0.05) is 11.6 Å². The number of ketones is 1. The van der Waals surface area contributed by atoms with Gasteiger partial charge in [-0.3, -0.25) is 10.1 Å². The third-order valence-corrected chi connectivity index (χ3v) is 4.33. The molecule has 1 aromatic carbocycles. The maximum atomic E-state index is 12.6. The lowest BCUT2D eigenvalue weighted by atomic mass is 10.0. The molecule has 0 radical (unpaired) electrons. The average Bonchev–Trinajstić information content (AvgIpc) is 2.64. The number of thiophene rings is 1. The zero-order valence-corrected chi connectivity index (χ0v) is 12.6. The first-order chi connectivity index (χ1) is 9.40. The van der Waals surface area contributed by atoms with Crippen molar-refractivity contribution in [2.75, 3.05) is 5.32 Å². The lowest BCUT2D eigenvalue weighted by molar-refractivity contribution is 0.103. The Morgan fingerprint density at radius 2 is 1.80 bits per heavy atom. The first-order valence-corrected chi connectivity index (χ1v) is 7.06. The molecular weight excluding hydrogens is 296 g/mol. The van der Waals surface area contributed by atoms with Gasteiger partial charge in [0.1, 0.15) is 5.00 Å². The van der Waals surface area contributed by atoms with Gasteiger partial charge in [0.2, 0.25) is 0 Å². The molecular formula is C14H13ClN2O2S. The summed E-state index contributed by atoms with van der Waals surface area (Å²) in [6, 6.07) is 5.95. The predicted octanol–water partition coefficient (Wildman–Crippen LogP) is 3.74. The molecule has 0 unspecified atom stereocenters. The zero-order valence-electron chi connectivity index (χ0n) is 11.0. The molecule has 20 heavy (non-hydrogen) atoms. The van der Waals surface area contributed by atoms with Crippen molar-refractivity contribution in [2.45, 2.75) is 13.8 Å². The Kier molecular flexibility index (Phi) is 4.11. The second-order valence-electron chi connectivity index (χ2n) is 4.31. The molecule has 1 heterocycles. The number of hydrogen-bond acceptors (Lipinski definition) is 3. The topological polar surface area (TPSA) is 72.2 Å². The Morgan fingerprint density at radius 3 is 2.35 bits per heavy atom. The van der Waals surface area contributed by atoms with Gasteiger partial charge in [-0.05, 0) is 43.7 Å². The minimum atomic E-state index is -0.684. The summed E-state index contributed by atoms with van der Waals surface area (Å²) in [5.41, 5.74) is 6.98. The second kappa shape index (κ2) is 5.64. The summed E-state index contributed by atoms with van der Waals surface area (Å²) >= 11 is 7.15. The van der Waals surface area contributed by atoms with E-state index in [1.807, 2.05) is 13.8 Å². The minimum absolute atomic E-state index is 0.160. The van der Waals surface area contributed by atoms with Crippen LogP contribution in [0.2, 0.25) is 5.02 Å². The molecule has 0 bridgehead atoms. The number of hydrogen-bond donors (Lipinski definition) is 2. The monoisotopic (exact) mass is 308 g/mol. The summed E-state index contributed by atoms with van der Waals surface area (Å²) in [6.45, 7) is 3.74. The Hall–Kier alpha value is -1.85. The van der Waals surface area contributed by atoms with Crippen LogP contribution in [0, 0.1) is 13.8 Å². The van der Waals surface area contributed by atoms with Gasteiger partial charge in [0.25, 0.3) is 0 Å². The Balaban J connectivity index is 2.48. The third kappa shape index (κ3) is 2.84. The van der Waals surface area contributed by atoms with Crippen LogP contribution >= 0.6 is 22.9 Å². The quantitative estimate of drug-likeness (QED) is 0.848. The maximum Gasteiger partial charge on any atom is 0.317 e. The van der Waals surface area contributed by atoms with Gasteiger partial charge in [0.05, 0.1) is 5.56 Å². The third-order valence-electron chi connectivity index (χ3n) is 2.96. The fourth-order valence-corrected chi connectivity index (χ4v) is 3.03. The van der Waals surface area contributed by atoms with E-state index in [0.717, 1.165) is 10.4 Å². The summed E-state index contributed by atoms with van der Waals surface area (Å²) in [5, 5.41) is 3.55. The molecule has 1 aromatic heterocycles. The first-order valence-electron chi connectivity index (χ1n) is 5.87. The predicted molar refractivity (Wildman–Crippen MR) is 81.9 cm³/mol. The molecule has 4 nitrogen and oxygen atoms in total. The van der Waals surface area contributed by atoms with Crippen LogP contribution in [-0.2, 0) is 0 Å². The number of amides is 2. The van der Waals surface area contributed by atoms with E-state index >= 15 is 0 Å². The summed E-state index contributed by atoms with van der Waals surface area (Å²) in [6.07, 6.45) is 0. The normalized spacial score (nSPS) is 10.3. The fourth-order valence-electron chi connectivity index (χ4n) is 1.85. The number of carbonyl (C=O) groups is 2. The molecule has 0 saturated heterocycles. The highest BCUT2D eigenvalue weighted by molar-refractivity contribution is 7.16. The van der Waals surface area contributed by atoms with Crippen molar-refractivity contribution >= 4 is 39.8 Å². The van der Waals surface area contributed by atoms with Crippen LogP contribution < -0.4 is 11.1 Å². The van der Waals surface area contributed by atoms with Crippen molar-refractivity contribution in [1.29, 1.82) is 0 Å². The van der Waals surface area contributed by atoms with E-state index in [9.17, 15) is 9.59 Å². The number of urea groups is 1. The highest BCUT2D eigenvalue weighted by Gasteiger charge is 2.21. The molecule has 3 N–H and O–H groups in total. The standard InChI is InChI=1S/C14H13ClN2O2S/c1-7-8(2)20-13(17-14(16)19)11(7)12(18)9-3-5-10(15)6-4-9/h3-6H,1-2H3,(H3,16,17,19). The van der Waals surface area contributed by atoms with Gasteiger partial charge in [0.15, 0.2) is 5.78 Å². The van der Waals surface area contributed by atoms with Crippen LogP contribution in [0.1, 0.15) is 26.4 Å². The molecule has 2 aromatic rings. The Labute approximate surface area is 125 Å². The molecule has 0 fully saturated rings. The molecule has 2 rings (SSSR count). The molecule has 0 spiro atoms. The zero-order chi connectivity index (χ0) is 14.9. The van der Waals surface area contributed by atoms with E-state index in [1.54, 1.807) is 24.3 Å². The molecule has 0 aliphatic heterocycles. The molecule has 0 aliphatic rings. The van der Waals surface area contributed by atoms with Crippen molar-refractivity contribution in [2.24, 2.45) is 5.73 Å². The average molecular weight is 309 g/mol.